The largest absolute Gasteiger partial charge is 0.347 e. The Balaban J connectivity index is 1.68. The molecule has 1 aromatic carbocycles. The number of amides is 1. The standard InChI is InChI=1S/C21H30N4O5S2/c1-16(2)24(4)31(27,28)18-9-7-17(8-10-18)14-22-21(26)20-13-19(15-23(20)3)32(29,30)25-11-5-6-12-25/h7-10,13,15-16H,5-6,11-12,14H2,1-4H3,(H,22,26). The number of aromatic nitrogens is 1. The Morgan fingerprint density at radius 2 is 1.66 bits per heavy atom. The number of carbonyl (C=O) groups is 1. The average molecular weight is 483 g/mol. The van der Waals surface area contributed by atoms with Gasteiger partial charge in [-0.25, -0.2) is 16.8 Å². The summed E-state index contributed by atoms with van der Waals surface area (Å²) in [5, 5.41) is 2.76. The van der Waals surface area contributed by atoms with Crippen molar-refractivity contribution in [1.82, 2.24) is 18.5 Å². The summed E-state index contributed by atoms with van der Waals surface area (Å²) in [5.41, 5.74) is 0.962. The first-order valence-corrected chi connectivity index (χ1v) is 13.3. The molecule has 0 radical (unpaired) electrons. The lowest BCUT2D eigenvalue weighted by Crippen LogP contribution is -2.33. The van der Waals surface area contributed by atoms with E-state index in [0.717, 1.165) is 18.4 Å². The third kappa shape index (κ3) is 4.90. The summed E-state index contributed by atoms with van der Waals surface area (Å²) in [6, 6.07) is 7.55. The fraction of sp³-hybridized carbons (Fsp3) is 0.476. The minimum atomic E-state index is -3.60. The second-order valence-electron chi connectivity index (χ2n) is 8.22. The number of nitrogens with one attached hydrogen (secondary N) is 1. The highest BCUT2D eigenvalue weighted by Gasteiger charge is 2.29. The van der Waals surface area contributed by atoms with Gasteiger partial charge in [-0.1, -0.05) is 12.1 Å². The van der Waals surface area contributed by atoms with Gasteiger partial charge in [0.1, 0.15) is 10.6 Å². The average Bonchev–Trinajstić information content (AvgIpc) is 3.42. The van der Waals surface area contributed by atoms with Gasteiger partial charge in [0.15, 0.2) is 0 Å². The van der Waals surface area contributed by atoms with Crippen LogP contribution in [0.1, 0.15) is 42.7 Å². The molecule has 3 rings (SSSR count). The zero-order valence-electron chi connectivity index (χ0n) is 18.8. The molecule has 1 saturated heterocycles. The van der Waals surface area contributed by atoms with Gasteiger partial charge >= 0.3 is 0 Å². The second-order valence-corrected chi connectivity index (χ2v) is 12.2. The summed E-state index contributed by atoms with van der Waals surface area (Å²) in [7, 11) is -4.01. The Labute approximate surface area is 190 Å². The van der Waals surface area contributed by atoms with Gasteiger partial charge in [0.05, 0.1) is 4.90 Å². The zero-order valence-corrected chi connectivity index (χ0v) is 20.4. The summed E-state index contributed by atoms with van der Waals surface area (Å²) >= 11 is 0. The van der Waals surface area contributed by atoms with Crippen molar-refractivity contribution in [3.8, 4) is 0 Å². The lowest BCUT2D eigenvalue weighted by molar-refractivity contribution is 0.0942. The Morgan fingerprint density at radius 3 is 2.22 bits per heavy atom. The molecule has 0 unspecified atom stereocenters. The van der Waals surface area contributed by atoms with Crippen molar-refractivity contribution in [1.29, 1.82) is 0 Å². The van der Waals surface area contributed by atoms with Crippen LogP contribution in [0.2, 0.25) is 0 Å². The number of hydrogen-bond donors (Lipinski definition) is 1. The Bertz CT molecular complexity index is 1180. The third-order valence-electron chi connectivity index (χ3n) is 5.70. The van der Waals surface area contributed by atoms with Gasteiger partial charge < -0.3 is 9.88 Å². The summed E-state index contributed by atoms with van der Waals surface area (Å²) in [5.74, 6) is -0.411. The molecule has 2 aromatic rings. The quantitative estimate of drug-likeness (QED) is 0.617. The predicted octanol–water partition coefficient (Wildman–Crippen LogP) is 1.77. The van der Waals surface area contributed by atoms with Crippen LogP contribution in [-0.4, -0.2) is 62.1 Å². The SMILES string of the molecule is CC(C)N(C)S(=O)(=O)c1ccc(CNC(=O)c2cc(S(=O)(=O)N3CCCC3)cn2C)cc1. The number of carbonyl (C=O) groups excluding carboxylic acids is 1. The van der Waals surface area contributed by atoms with E-state index in [1.165, 1.54) is 44.6 Å². The van der Waals surface area contributed by atoms with Gasteiger partial charge in [0.2, 0.25) is 20.0 Å². The molecule has 0 aliphatic carbocycles. The minimum absolute atomic E-state index is 0.107. The van der Waals surface area contributed by atoms with Crippen LogP contribution < -0.4 is 5.32 Å². The van der Waals surface area contributed by atoms with E-state index in [1.54, 1.807) is 33.0 Å². The molecule has 1 aliphatic rings. The van der Waals surface area contributed by atoms with Crippen molar-refractivity contribution in [3.05, 3.63) is 47.8 Å². The fourth-order valence-electron chi connectivity index (χ4n) is 3.47. The summed E-state index contributed by atoms with van der Waals surface area (Å²) in [6.45, 7) is 4.77. The van der Waals surface area contributed by atoms with Crippen LogP contribution in [-0.2, 0) is 33.6 Å². The topological polar surface area (TPSA) is 109 Å². The van der Waals surface area contributed by atoms with E-state index in [9.17, 15) is 21.6 Å². The van der Waals surface area contributed by atoms with E-state index in [4.69, 9.17) is 0 Å². The molecule has 0 saturated carbocycles. The molecule has 11 heteroatoms. The van der Waals surface area contributed by atoms with Gasteiger partial charge in [-0.2, -0.15) is 8.61 Å². The number of aryl methyl sites for hydroxylation is 1. The molecule has 32 heavy (non-hydrogen) atoms. The molecule has 0 bridgehead atoms. The molecule has 2 heterocycles. The summed E-state index contributed by atoms with van der Waals surface area (Å²) in [6.07, 6.45) is 3.13. The lowest BCUT2D eigenvalue weighted by atomic mass is 10.2. The predicted molar refractivity (Wildman–Crippen MR) is 121 cm³/mol. The molecule has 9 nitrogen and oxygen atoms in total. The highest BCUT2D eigenvalue weighted by atomic mass is 32.2. The van der Waals surface area contributed by atoms with Crippen molar-refractivity contribution in [3.63, 3.8) is 0 Å². The number of nitrogens with zero attached hydrogens (tertiary/aromatic N) is 3. The number of rotatable bonds is 8. The summed E-state index contributed by atoms with van der Waals surface area (Å²) in [4.78, 5) is 12.9. The maximum Gasteiger partial charge on any atom is 0.268 e. The van der Waals surface area contributed by atoms with Crippen LogP contribution in [0.25, 0.3) is 0 Å². The zero-order chi connectivity index (χ0) is 23.7. The number of sulfonamides is 2. The Hall–Kier alpha value is -2.21. The van der Waals surface area contributed by atoms with Crippen LogP contribution in [0, 0.1) is 0 Å². The number of hydrogen-bond acceptors (Lipinski definition) is 5. The Kier molecular flexibility index (Phi) is 7.13. The van der Waals surface area contributed by atoms with Gasteiger partial charge in [0.25, 0.3) is 5.91 Å². The van der Waals surface area contributed by atoms with Crippen molar-refractivity contribution in [2.75, 3.05) is 20.1 Å². The maximum absolute atomic E-state index is 12.7. The van der Waals surface area contributed by atoms with Crippen molar-refractivity contribution < 1.29 is 21.6 Å². The van der Waals surface area contributed by atoms with Crippen LogP contribution in [0.15, 0.2) is 46.3 Å². The van der Waals surface area contributed by atoms with Crippen LogP contribution >= 0.6 is 0 Å². The third-order valence-corrected chi connectivity index (χ3v) is 9.61. The van der Waals surface area contributed by atoms with Crippen LogP contribution in [0.4, 0.5) is 0 Å². The van der Waals surface area contributed by atoms with Crippen LogP contribution in [0.5, 0.6) is 0 Å². The van der Waals surface area contributed by atoms with Gasteiger partial charge in [0, 0.05) is 46.0 Å². The normalized spacial score (nSPS) is 15.6. The van der Waals surface area contributed by atoms with Crippen molar-refractivity contribution >= 4 is 26.0 Å². The van der Waals surface area contributed by atoms with Crippen LogP contribution in [0.3, 0.4) is 0 Å². The van der Waals surface area contributed by atoms with E-state index >= 15 is 0 Å². The lowest BCUT2D eigenvalue weighted by Gasteiger charge is -2.21. The fourth-order valence-corrected chi connectivity index (χ4v) is 6.43. The van der Waals surface area contributed by atoms with E-state index < -0.39 is 26.0 Å². The summed E-state index contributed by atoms with van der Waals surface area (Å²) < 4.78 is 54.8. The first-order valence-electron chi connectivity index (χ1n) is 10.5. The minimum Gasteiger partial charge on any atom is -0.347 e. The van der Waals surface area contributed by atoms with E-state index in [2.05, 4.69) is 5.32 Å². The molecule has 0 spiro atoms. The maximum atomic E-state index is 12.7. The van der Waals surface area contributed by atoms with E-state index in [-0.39, 0.29) is 28.1 Å². The first kappa shape index (κ1) is 24.4. The molecule has 1 fully saturated rings. The molecule has 0 atom stereocenters. The van der Waals surface area contributed by atoms with E-state index in [0.29, 0.717) is 13.1 Å². The van der Waals surface area contributed by atoms with Gasteiger partial charge in [-0.05, 0) is 50.5 Å². The monoisotopic (exact) mass is 482 g/mol. The highest BCUT2D eigenvalue weighted by Crippen LogP contribution is 2.23. The van der Waals surface area contributed by atoms with Gasteiger partial charge in [-0.3, -0.25) is 4.79 Å². The molecule has 1 aromatic heterocycles. The van der Waals surface area contributed by atoms with Crippen molar-refractivity contribution in [2.45, 2.75) is 49.1 Å². The molecule has 1 aliphatic heterocycles. The molecule has 1 amide bonds. The van der Waals surface area contributed by atoms with Gasteiger partial charge in [-0.15, -0.1) is 0 Å². The van der Waals surface area contributed by atoms with Crippen molar-refractivity contribution in [2.24, 2.45) is 7.05 Å². The van der Waals surface area contributed by atoms with E-state index in [1.807, 2.05) is 0 Å². The highest BCUT2D eigenvalue weighted by molar-refractivity contribution is 7.89. The molecule has 1 N–H and O–H groups in total. The smallest absolute Gasteiger partial charge is 0.268 e. The second kappa shape index (κ2) is 9.34. The molecular weight excluding hydrogens is 452 g/mol. The Morgan fingerprint density at radius 1 is 1.06 bits per heavy atom. The number of benzene rings is 1. The molecular formula is C21H30N4O5S2. The first-order chi connectivity index (χ1) is 14.9. The molecule has 176 valence electrons.